The van der Waals surface area contributed by atoms with Crippen LogP contribution in [0.3, 0.4) is 0 Å². The standard InChI is InChI=1S/C24H25ClN2O3S/c1-16-5-4-6-22(18(16)3)27-31(29,30)23-15-20(10-7-17(23)2)24(28)26-14-13-19-8-11-21(25)12-9-19/h4-12,15,27H,13-14H2,1-3H3,(H,26,28). The van der Waals surface area contributed by atoms with Gasteiger partial charge in [0.2, 0.25) is 0 Å². The van der Waals surface area contributed by atoms with Crippen molar-refractivity contribution in [2.45, 2.75) is 32.1 Å². The molecule has 0 aliphatic heterocycles. The monoisotopic (exact) mass is 456 g/mol. The second-order valence-corrected chi connectivity index (χ2v) is 9.55. The number of carbonyl (C=O) groups is 1. The van der Waals surface area contributed by atoms with Gasteiger partial charge in [0.15, 0.2) is 0 Å². The van der Waals surface area contributed by atoms with E-state index >= 15 is 0 Å². The maximum absolute atomic E-state index is 13.0. The highest BCUT2D eigenvalue weighted by Gasteiger charge is 2.20. The highest BCUT2D eigenvalue weighted by atomic mass is 35.5. The Hall–Kier alpha value is -2.83. The Bertz CT molecular complexity index is 1210. The summed E-state index contributed by atoms with van der Waals surface area (Å²) in [6, 6.07) is 17.6. The largest absolute Gasteiger partial charge is 0.352 e. The number of hydrogen-bond donors (Lipinski definition) is 2. The van der Waals surface area contributed by atoms with Gasteiger partial charge in [-0.1, -0.05) is 41.9 Å². The van der Waals surface area contributed by atoms with Crippen LogP contribution in [0.4, 0.5) is 5.69 Å². The van der Waals surface area contributed by atoms with Crippen molar-refractivity contribution in [3.8, 4) is 0 Å². The van der Waals surface area contributed by atoms with Crippen LogP contribution >= 0.6 is 11.6 Å². The molecule has 0 atom stereocenters. The first-order chi connectivity index (χ1) is 14.7. The van der Waals surface area contributed by atoms with Crippen molar-refractivity contribution < 1.29 is 13.2 Å². The van der Waals surface area contributed by atoms with Crippen molar-refractivity contribution in [1.29, 1.82) is 0 Å². The van der Waals surface area contributed by atoms with Crippen LogP contribution in [-0.2, 0) is 16.4 Å². The van der Waals surface area contributed by atoms with Crippen molar-refractivity contribution >= 4 is 33.2 Å². The van der Waals surface area contributed by atoms with Gasteiger partial charge in [0.05, 0.1) is 10.6 Å². The van der Waals surface area contributed by atoms with Crippen LogP contribution in [0.1, 0.15) is 32.6 Å². The average molecular weight is 457 g/mol. The van der Waals surface area contributed by atoms with Crippen LogP contribution in [0.5, 0.6) is 0 Å². The maximum Gasteiger partial charge on any atom is 0.262 e. The molecule has 3 aromatic rings. The Morgan fingerprint density at radius 1 is 0.935 bits per heavy atom. The van der Waals surface area contributed by atoms with E-state index in [-0.39, 0.29) is 10.8 Å². The summed E-state index contributed by atoms with van der Waals surface area (Å²) >= 11 is 5.88. The number of sulfonamides is 1. The van der Waals surface area contributed by atoms with Crippen LogP contribution in [0.25, 0.3) is 0 Å². The molecule has 0 aromatic heterocycles. The number of benzene rings is 3. The summed E-state index contributed by atoms with van der Waals surface area (Å²) in [4.78, 5) is 12.7. The Labute approximate surface area is 188 Å². The third-order valence-electron chi connectivity index (χ3n) is 5.20. The van der Waals surface area contributed by atoms with Gasteiger partial charge in [-0.3, -0.25) is 9.52 Å². The van der Waals surface area contributed by atoms with Gasteiger partial charge in [0.1, 0.15) is 0 Å². The number of anilines is 1. The van der Waals surface area contributed by atoms with E-state index in [9.17, 15) is 13.2 Å². The van der Waals surface area contributed by atoms with Gasteiger partial charge in [0.25, 0.3) is 15.9 Å². The molecule has 0 bridgehead atoms. The zero-order chi connectivity index (χ0) is 22.6. The summed E-state index contributed by atoms with van der Waals surface area (Å²) in [5.41, 5.74) is 4.29. The molecular weight excluding hydrogens is 432 g/mol. The van der Waals surface area contributed by atoms with Crippen molar-refractivity contribution in [2.24, 2.45) is 0 Å². The van der Waals surface area contributed by atoms with E-state index in [0.717, 1.165) is 16.7 Å². The van der Waals surface area contributed by atoms with Crippen LogP contribution in [0.2, 0.25) is 5.02 Å². The summed E-state index contributed by atoms with van der Waals surface area (Å²) in [6.07, 6.45) is 0.647. The van der Waals surface area contributed by atoms with Crippen LogP contribution in [0, 0.1) is 20.8 Å². The molecule has 0 saturated heterocycles. The van der Waals surface area contributed by atoms with Gasteiger partial charge in [-0.2, -0.15) is 0 Å². The molecule has 0 unspecified atom stereocenters. The van der Waals surface area contributed by atoms with Gasteiger partial charge in [-0.05, 0) is 79.8 Å². The lowest BCUT2D eigenvalue weighted by Gasteiger charge is -2.14. The SMILES string of the molecule is Cc1ccc(C(=O)NCCc2ccc(Cl)cc2)cc1S(=O)(=O)Nc1cccc(C)c1C. The van der Waals surface area contributed by atoms with Crippen molar-refractivity contribution in [2.75, 3.05) is 11.3 Å². The summed E-state index contributed by atoms with van der Waals surface area (Å²) in [5.74, 6) is -0.322. The molecule has 3 rings (SSSR count). The number of aryl methyl sites for hydroxylation is 2. The molecule has 0 aliphatic rings. The predicted octanol–water partition coefficient (Wildman–Crippen LogP) is 5.04. The molecule has 0 spiro atoms. The number of hydrogen-bond acceptors (Lipinski definition) is 3. The molecule has 7 heteroatoms. The molecule has 0 fully saturated rings. The lowest BCUT2D eigenvalue weighted by Crippen LogP contribution is -2.26. The molecule has 0 radical (unpaired) electrons. The molecular formula is C24H25ClN2O3S. The summed E-state index contributed by atoms with van der Waals surface area (Å²) in [7, 11) is -3.85. The van der Waals surface area contributed by atoms with E-state index in [0.29, 0.717) is 34.8 Å². The van der Waals surface area contributed by atoms with Crippen molar-refractivity contribution in [3.05, 3.63) is 93.5 Å². The van der Waals surface area contributed by atoms with E-state index in [4.69, 9.17) is 11.6 Å². The minimum Gasteiger partial charge on any atom is -0.352 e. The fraction of sp³-hybridized carbons (Fsp3) is 0.208. The highest BCUT2D eigenvalue weighted by molar-refractivity contribution is 7.92. The number of rotatable bonds is 7. The van der Waals surface area contributed by atoms with Gasteiger partial charge in [0, 0.05) is 17.1 Å². The topological polar surface area (TPSA) is 75.3 Å². The number of halogens is 1. The summed E-state index contributed by atoms with van der Waals surface area (Å²) < 4.78 is 28.7. The first-order valence-corrected chi connectivity index (χ1v) is 11.8. The van der Waals surface area contributed by atoms with Crippen molar-refractivity contribution in [1.82, 2.24) is 5.32 Å². The van der Waals surface area contributed by atoms with E-state index in [1.54, 1.807) is 43.3 Å². The van der Waals surface area contributed by atoms with Crippen molar-refractivity contribution in [3.63, 3.8) is 0 Å². The third kappa shape index (κ3) is 5.66. The molecule has 2 N–H and O–H groups in total. The third-order valence-corrected chi connectivity index (χ3v) is 6.96. The zero-order valence-electron chi connectivity index (χ0n) is 17.7. The molecule has 5 nitrogen and oxygen atoms in total. The molecule has 0 aliphatic carbocycles. The van der Waals surface area contributed by atoms with Crippen LogP contribution in [0.15, 0.2) is 65.6 Å². The van der Waals surface area contributed by atoms with Gasteiger partial charge >= 0.3 is 0 Å². The Morgan fingerprint density at radius 2 is 1.65 bits per heavy atom. The van der Waals surface area contributed by atoms with Gasteiger partial charge in [-0.25, -0.2) is 8.42 Å². The van der Waals surface area contributed by atoms with Gasteiger partial charge < -0.3 is 5.32 Å². The summed E-state index contributed by atoms with van der Waals surface area (Å²) in [5, 5.41) is 3.50. The van der Waals surface area contributed by atoms with E-state index in [1.165, 1.54) is 6.07 Å². The highest BCUT2D eigenvalue weighted by Crippen LogP contribution is 2.24. The minimum atomic E-state index is -3.85. The second-order valence-electron chi connectivity index (χ2n) is 7.47. The van der Waals surface area contributed by atoms with E-state index in [2.05, 4.69) is 10.0 Å². The van der Waals surface area contributed by atoms with Crippen LogP contribution < -0.4 is 10.0 Å². The normalized spacial score (nSPS) is 11.2. The first-order valence-electron chi connectivity index (χ1n) is 9.90. The smallest absolute Gasteiger partial charge is 0.262 e. The van der Waals surface area contributed by atoms with Gasteiger partial charge in [-0.15, -0.1) is 0 Å². The maximum atomic E-state index is 13.0. The quantitative estimate of drug-likeness (QED) is 0.523. The average Bonchev–Trinajstić information content (AvgIpc) is 2.73. The Morgan fingerprint density at radius 3 is 2.35 bits per heavy atom. The fourth-order valence-corrected chi connectivity index (χ4v) is 4.69. The predicted molar refractivity (Wildman–Crippen MR) is 125 cm³/mol. The first kappa shape index (κ1) is 22.8. The number of amides is 1. The lowest BCUT2D eigenvalue weighted by molar-refractivity contribution is 0.0954. The Kier molecular flexibility index (Phi) is 7.03. The number of nitrogens with one attached hydrogen (secondary N) is 2. The minimum absolute atomic E-state index is 0.0822. The fourth-order valence-electron chi connectivity index (χ4n) is 3.17. The summed E-state index contributed by atoms with van der Waals surface area (Å²) in [6.45, 7) is 5.93. The molecule has 0 saturated carbocycles. The van der Waals surface area contributed by atoms with Crippen LogP contribution in [-0.4, -0.2) is 20.9 Å². The molecule has 162 valence electrons. The molecule has 0 heterocycles. The second kappa shape index (κ2) is 9.54. The zero-order valence-corrected chi connectivity index (χ0v) is 19.3. The number of carbonyl (C=O) groups excluding carboxylic acids is 1. The lowest BCUT2D eigenvalue weighted by atomic mass is 10.1. The molecule has 1 amide bonds. The Balaban J connectivity index is 1.74. The van der Waals surface area contributed by atoms with E-state index < -0.39 is 10.0 Å². The van der Waals surface area contributed by atoms with E-state index in [1.807, 2.05) is 32.0 Å². The molecule has 3 aromatic carbocycles. The molecule has 31 heavy (non-hydrogen) atoms.